The molecule has 0 fully saturated rings. The van der Waals surface area contributed by atoms with Crippen LogP contribution in [-0.2, 0) is 0 Å². The molecule has 0 saturated carbocycles. The predicted octanol–water partition coefficient (Wildman–Crippen LogP) is 6.61. The third-order valence-electron chi connectivity index (χ3n) is 2.84. The van der Waals surface area contributed by atoms with Crippen molar-refractivity contribution in [3.63, 3.8) is 0 Å². The second-order valence-electron chi connectivity index (χ2n) is 4.28. The van der Waals surface area contributed by atoms with Crippen LogP contribution in [0, 0.1) is 0 Å². The fraction of sp³-hybridized carbons (Fsp3) is 0. The number of aromatic nitrogens is 1. The largest absolute Gasteiger partial charge is 0.236 e. The molecule has 1 aromatic heterocycles. The van der Waals surface area contributed by atoms with Gasteiger partial charge in [0.25, 0.3) is 0 Å². The summed E-state index contributed by atoms with van der Waals surface area (Å²) in [7, 11) is 0. The van der Waals surface area contributed by atoms with E-state index in [9.17, 15) is 0 Å². The topological polar surface area (TPSA) is 37.6 Å². The molecule has 0 aliphatic rings. The Bertz CT molecular complexity index is 847. The van der Waals surface area contributed by atoms with Crippen LogP contribution in [0.5, 0.6) is 0 Å². The summed E-state index contributed by atoms with van der Waals surface area (Å²) in [5, 5.41) is 10.6. The van der Waals surface area contributed by atoms with Gasteiger partial charge in [-0.25, -0.2) is 4.98 Å². The Hall–Kier alpha value is -1.68. The first kappa shape index (κ1) is 14.3. The van der Waals surface area contributed by atoms with Crippen LogP contribution in [0.15, 0.2) is 58.8 Å². The SMILES string of the molecule is Clc1ccc(N=Nc2cc(Cl)nc3ccccc23)c(Cl)c1. The van der Waals surface area contributed by atoms with Gasteiger partial charge in [0.1, 0.15) is 10.8 Å². The Balaban J connectivity index is 2.07. The minimum atomic E-state index is 0.366. The lowest BCUT2D eigenvalue weighted by molar-refractivity contribution is 1.23. The summed E-state index contributed by atoms with van der Waals surface area (Å²) < 4.78 is 0. The van der Waals surface area contributed by atoms with Gasteiger partial charge in [-0.1, -0.05) is 53.0 Å². The zero-order valence-electron chi connectivity index (χ0n) is 10.6. The molecule has 0 N–H and O–H groups in total. The molecular formula is C15H8Cl3N3. The first-order chi connectivity index (χ1) is 10.1. The zero-order valence-corrected chi connectivity index (χ0v) is 12.9. The molecule has 0 saturated heterocycles. The number of benzene rings is 2. The van der Waals surface area contributed by atoms with Crippen molar-refractivity contribution in [3.8, 4) is 0 Å². The standard InChI is InChI=1S/C15H8Cl3N3/c16-9-5-6-13(11(17)7-9)20-21-14-8-15(18)19-12-4-2-1-3-10(12)14/h1-8H. The summed E-state index contributed by atoms with van der Waals surface area (Å²) in [6.07, 6.45) is 0. The minimum absolute atomic E-state index is 0.366. The number of hydrogen-bond donors (Lipinski definition) is 0. The van der Waals surface area contributed by atoms with Gasteiger partial charge in [0.2, 0.25) is 0 Å². The summed E-state index contributed by atoms with van der Waals surface area (Å²) in [5.74, 6) is 0. The van der Waals surface area contributed by atoms with E-state index in [-0.39, 0.29) is 0 Å². The van der Waals surface area contributed by atoms with Crippen LogP contribution in [0.25, 0.3) is 10.9 Å². The van der Waals surface area contributed by atoms with Crippen molar-refractivity contribution in [2.75, 3.05) is 0 Å². The van der Waals surface area contributed by atoms with Crippen molar-refractivity contribution in [1.29, 1.82) is 0 Å². The summed E-state index contributed by atoms with van der Waals surface area (Å²) >= 11 is 17.9. The molecule has 1 heterocycles. The molecule has 0 aliphatic carbocycles. The van der Waals surface area contributed by atoms with Crippen LogP contribution in [0.3, 0.4) is 0 Å². The quantitative estimate of drug-likeness (QED) is 0.383. The highest BCUT2D eigenvalue weighted by molar-refractivity contribution is 6.36. The molecule has 3 nitrogen and oxygen atoms in total. The summed E-state index contributed by atoms with van der Waals surface area (Å²) in [5.41, 5.74) is 1.94. The van der Waals surface area contributed by atoms with E-state index in [0.29, 0.717) is 26.6 Å². The Morgan fingerprint density at radius 2 is 1.57 bits per heavy atom. The van der Waals surface area contributed by atoms with Gasteiger partial charge >= 0.3 is 0 Å². The van der Waals surface area contributed by atoms with Crippen molar-refractivity contribution in [2.45, 2.75) is 0 Å². The number of pyridine rings is 1. The number of para-hydroxylation sites is 1. The van der Waals surface area contributed by atoms with Crippen LogP contribution in [-0.4, -0.2) is 4.98 Å². The van der Waals surface area contributed by atoms with Crippen molar-refractivity contribution in [3.05, 3.63) is 63.7 Å². The van der Waals surface area contributed by atoms with Gasteiger partial charge in [-0.15, -0.1) is 10.2 Å². The van der Waals surface area contributed by atoms with Crippen LogP contribution < -0.4 is 0 Å². The average molecular weight is 337 g/mol. The Morgan fingerprint density at radius 3 is 2.38 bits per heavy atom. The van der Waals surface area contributed by atoms with Crippen molar-refractivity contribution >= 4 is 57.1 Å². The average Bonchev–Trinajstić information content (AvgIpc) is 2.46. The van der Waals surface area contributed by atoms with Crippen LogP contribution >= 0.6 is 34.8 Å². The molecular weight excluding hydrogens is 329 g/mol. The summed E-state index contributed by atoms with van der Waals surface area (Å²) in [6, 6.07) is 14.3. The zero-order chi connectivity index (χ0) is 14.8. The maximum atomic E-state index is 6.07. The second kappa shape index (κ2) is 5.98. The van der Waals surface area contributed by atoms with Gasteiger partial charge in [0.15, 0.2) is 0 Å². The molecule has 21 heavy (non-hydrogen) atoms. The fourth-order valence-corrected chi connectivity index (χ4v) is 2.52. The van der Waals surface area contributed by atoms with Crippen molar-refractivity contribution < 1.29 is 0 Å². The van der Waals surface area contributed by atoms with E-state index in [4.69, 9.17) is 34.8 Å². The smallest absolute Gasteiger partial charge is 0.132 e. The molecule has 3 aromatic rings. The van der Waals surface area contributed by atoms with E-state index < -0.39 is 0 Å². The van der Waals surface area contributed by atoms with Crippen LogP contribution in [0.2, 0.25) is 15.2 Å². The molecule has 0 radical (unpaired) electrons. The molecule has 2 aromatic carbocycles. The second-order valence-corrected chi connectivity index (χ2v) is 5.51. The third-order valence-corrected chi connectivity index (χ3v) is 3.57. The molecule has 0 aliphatic heterocycles. The molecule has 3 rings (SSSR count). The maximum Gasteiger partial charge on any atom is 0.132 e. The maximum absolute atomic E-state index is 6.07. The van der Waals surface area contributed by atoms with Crippen LogP contribution in [0.4, 0.5) is 11.4 Å². The lowest BCUT2D eigenvalue weighted by Crippen LogP contribution is -1.80. The highest BCUT2D eigenvalue weighted by Crippen LogP contribution is 2.32. The molecule has 0 bridgehead atoms. The minimum Gasteiger partial charge on any atom is -0.236 e. The Morgan fingerprint density at radius 1 is 0.810 bits per heavy atom. The van der Waals surface area contributed by atoms with E-state index in [0.717, 1.165) is 10.9 Å². The van der Waals surface area contributed by atoms with Gasteiger partial charge in [-0.3, -0.25) is 0 Å². The van der Waals surface area contributed by atoms with Gasteiger partial charge in [0.05, 0.1) is 16.2 Å². The highest BCUT2D eigenvalue weighted by atomic mass is 35.5. The summed E-state index contributed by atoms with van der Waals surface area (Å²) in [6.45, 7) is 0. The van der Waals surface area contributed by atoms with E-state index in [1.165, 1.54) is 0 Å². The number of rotatable bonds is 2. The highest BCUT2D eigenvalue weighted by Gasteiger charge is 2.04. The number of hydrogen-bond acceptors (Lipinski definition) is 3. The van der Waals surface area contributed by atoms with Gasteiger partial charge in [0, 0.05) is 16.5 Å². The molecule has 0 amide bonds. The van der Waals surface area contributed by atoms with Gasteiger partial charge < -0.3 is 0 Å². The van der Waals surface area contributed by atoms with Gasteiger partial charge in [-0.05, 0) is 24.3 Å². The third kappa shape index (κ3) is 3.16. The first-order valence-corrected chi connectivity index (χ1v) is 7.19. The molecule has 6 heteroatoms. The van der Waals surface area contributed by atoms with Crippen molar-refractivity contribution in [1.82, 2.24) is 4.98 Å². The molecule has 0 spiro atoms. The van der Waals surface area contributed by atoms with Crippen LogP contribution in [0.1, 0.15) is 0 Å². The van der Waals surface area contributed by atoms with E-state index in [1.54, 1.807) is 24.3 Å². The van der Waals surface area contributed by atoms with E-state index in [2.05, 4.69) is 15.2 Å². The number of azo groups is 1. The monoisotopic (exact) mass is 335 g/mol. The fourth-order valence-electron chi connectivity index (χ4n) is 1.88. The number of fused-ring (bicyclic) bond motifs is 1. The van der Waals surface area contributed by atoms with E-state index >= 15 is 0 Å². The Labute approximate surface area is 136 Å². The Kier molecular flexibility index (Phi) is 4.06. The summed E-state index contributed by atoms with van der Waals surface area (Å²) in [4.78, 5) is 4.24. The predicted molar refractivity (Wildman–Crippen MR) is 87.4 cm³/mol. The molecule has 104 valence electrons. The van der Waals surface area contributed by atoms with Gasteiger partial charge in [-0.2, -0.15) is 0 Å². The lowest BCUT2D eigenvalue weighted by atomic mass is 10.2. The molecule has 0 unspecified atom stereocenters. The molecule has 0 atom stereocenters. The number of nitrogens with zero attached hydrogens (tertiary/aromatic N) is 3. The number of halogens is 3. The first-order valence-electron chi connectivity index (χ1n) is 6.05. The normalized spacial score (nSPS) is 11.4. The van der Waals surface area contributed by atoms with E-state index in [1.807, 2.05) is 24.3 Å². The van der Waals surface area contributed by atoms with Crippen molar-refractivity contribution in [2.24, 2.45) is 10.2 Å². The lowest BCUT2D eigenvalue weighted by Gasteiger charge is -2.02.